The average molecular weight is 262 g/mol. The van der Waals surface area contributed by atoms with Crippen molar-refractivity contribution in [3.8, 4) is 11.5 Å². The summed E-state index contributed by atoms with van der Waals surface area (Å²) in [7, 11) is 0. The maximum Gasteiger partial charge on any atom is 0.208 e. The maximum atomic E-state index is 9.77. The molecule has 1 unspecified atom stereocenters. The second-order valence-electron chi connectivity index (χ2n) is 4.59. The Morgan fingerprint density at radius 3 is 2.63 bits per heavy atom. The van der Waals surface area contributed by atoms with Crippen LogP contribution < -0.4 is 5.32 Å². The van der Waals surface area contributed by atoms with Crippen molar-refractivity contribution in [3.63, 3.8) is 0 Å². The van der Waals surface area contributed by atoms with Gasteiger partial charge in [0.15, 0.2) is 0 Å². The number of hydrogen-bond donors (Lipinski definition) is 3. The van der Waals surface area contributed by atoms with Crippen LogP contribution in [0.25, 0.3) is 0 Å². The van der Waals surface area contributed by atoms with E-state index in [-0.39, 0.29) is 17.5 Å². The van der Waals surface area contributed by atoms with Gasteiger partial charge in [0.2, 0.25) is 5.89 Å². The molecule has 2 aromatic rings. The molecule has 0 saturated carbocycles. The summed E-state index contributed by atoms with van der Waals surface area (Å²) in [4.78, 5) is 4.28. The molecule has 0 aliphatic carbocycles. The van der Waals surface area contributed by atoms with Crippen LogP contribution in [-0.2, 0) is 6.54 Å². The Labute approximate surface area is 111 Å². The van der Waals surface area contributed by atoms with Gasteiger partial charge in [0.1, 0.15) is 17.3 Å². The van der Waals surface area contributed by atoms with Crippen molar-refractivity contribution in [1.82, 2.24) is 10.3 Å². The number of nitrogens with zero attached hydrogens (tertiary/aromatic N) is 1. The van der Waals surface area contributed by atoms with Gasteiger partial charge in [0.05, 0.1) is 12.2 Å². The highest BCUT2D eigenvalue weighted by Crippen LogP contribution is 2.27. The molecule has 5 heteroatoms. The number of aromatic nitrogens is 1. The molecule has 2 rings (SSSR count). The van der Waals surface area contributed by atoms with Gasteiger partial charge < -0.3 is 19.9 Å². The number of aromatic hydroxyl groups is 2. The van der Waals surface area contributed by atoms with Crippen LogP contribution >= 0.6 is 0 Å². The summed E-state index contributed by atoms with van der Waals surface area (Å²) in [5.74, 6) is 1.56. The lowest BCUT2D eigenvalue weighted by atomic mass is 10.1. The lowest BCUT2D eigenvalue weighted by molar-refractivity contribution is 0.415. The first-order chi connectivity index (χ1) is 8.97. The molecule has 1 heterocycles. The lowest BCUT2D eigenvalue weighted by Crippen LogP contribution is -2.18. The fraction of sp³-hybridized carbons (Fsp3) is 0.357. The van der Waals surface area contributed by atoms with Gasteiger partial charge in [-0.15, -0.1) is 0 Å². The first kappa shape index (κ1) is 13.4. The second kappa shape index (κ2) is 5.32. The zero-order chi connectivity index (χ0) is 14.0. The fourth-order valence-corrected chi connectivity index (χ4v) is 1.86. The van der Waals surface area contributed by atoms with Crippen molar-refractivity contribution >= 4 is 0 Å². The Balaban J connectivity index is 2.03. The first-order valence-corrected chi connectivity index (χ1v) is 6.15. The second-order valence-corrected chi connectivity index (χ2v) is 4.59. The Morgan fingerprint density at radius 2 is 2.05 bits per heavy atom. The summed E-state index contributed by atoms with van der Waals surface area (Å²) in [6.07, 6.45) is 0. The molecule has 5 nitrogen and oxygen atoms in total. The van der Waals surface area contributed by atoms with E-state index in [4.69, 9.17) is 4.42 Å². The van der Waals surface area contributed by atoms with E-state index in [9.17, 15) is 10.2 Å². The van der Waals surface area contributed by atoms with Crippen LogP contribution in [-0.4, -0.2) is 15.2 Å². The van der Waals surface area contributed by atoms with Gasteiger partial charge in [-0.2, -0.15) is 0 Å². The van der Waals surface area contributed by atoms with Crippen LogP contribution in [0.5, 0.6) is 11.5 Å². The standard InChI is InChI=1S/C14H18N2O3/c1-8-10(3)19-14(16-8)7-15-9(2)12-5-4-11(17)6-13(12)18/h4-6,9,15,17-18H,7H2,1-3H3. The van der Waals surface area contributed by atoms with Gasteiger partial charge >= 0.3 is 0 Å². The Morgan fingerprint density at radius 1 is 1.32 bits per heavy atom. The van der Waals surface area contributed by atoms with Crippen molar-refractivity contribution in [1.29, 1.82) is 0 Å². The highest BCUT2D eigenvalue weighted by atomic mass is 16.4. The van der Waals surface area contributed by atoms with E-state index >= 15 is 0 Å². The molecule has 102 valence electrons. The smallest absolute Gasteiger partial charge is 0.208 e. The maximum absolute atomic E-state index is 9.77. The topological polar surface area (TPSA) is 78.5 Å². The molecular formula is C14H18N2O3. The van der Waals surface area contributed by atoms with E-state index in [1.54, 1.807) is 12.1 Å². The molecule has 0 amide bonds. The van der Waals surface area contributed by atoms with E-state index in [1.807, 2.05) is 20.8 Å². The molecule has 1 aromatic heterocycles. The molecular weight excluding hydrogens is 244 g/mol. The average Bonchev–Trinajstić information content (AvgIpc) is 2.66. The molecule has 0 aliphatic rings. The van der Waals surface area contributed by atoms with Gasteiger partial charge in [0.25, 0.3) is 0 Å². The lowest BCUT2D eigenvalue weighted by Gasteiger charge is -2.14. The quantitative estimate of drug-likeness (QED) is 0.789. The highest BCUT2D eigenvalue weighted by molar-refractivity contribution is 5.40. The number of oxazole rings is 1. The molecule has 0 saturated heterocycles. The zero-order valence-corrected chi connectivity index (χ0v) is 11.3. The minimum atomic E-state index is -0.0758. The van der Waals surface area contributed by atoms with E-state index in [1.165, 1.54) is 6.07 Å². The monoisotopic (exact) mass is 262 g/mol. The minimum absolute atomic E-state index is 0.0485. The van der Waals surface area contributed by atoms with Gasteiger partial charge in [-0.25, -0.2) is 4.98 Å². The Kier molecular flexibility index (Phi) is 3.76. The summed E-state index contributed by atoms with van der Waals surface area (Å²) in [6.45, 7) is 6.18. The summed E-state index contributed by atoms with van der Waals surface area (Å²) in [5, 5.41) is 22.2. The molecule has 0 radical (unpaired) electrons. The highest BCUT2D eigenvalue weighted by Gasteiger charge is 2.12. The Hall–Kier alpha value is -2.01. The van der Waals surface area contributed by atoms with Crippen LogP contribution in [0, 0.1) is 13.8 Å². The number of aryl methyl sites for hydroxylation is 2. The third kappa shape index (κ3) is 3.06. The summed E-state index contributed by atoms with van der Waals surface area (Å²) in [6, 6.07) is 4.49. The largest absolute Gasteiger partial charge is 0.508 e. The fourth-order valence-electron chi connectivity index (χ4n) is 1.86. The van der Waals surface area contributed by atoms with Gasteiger partial charge in [0, 0.05) is 17.7 Å². The predicted octanol–water partition coefficient (Wildman–Crippen LogP) is 2.55. The summed E-state index contributed by atoms with van der Waals surface area (Å²) >= 11 is 0. The minimum Gasteiger partial charge on any atom is -0.508 e. The molecule has 0 spiro atoms. The SMILES string of the molecule is Cc1nc(CNC(C)c2ccc(O)cc2O)oc1C. The summed E-state index contributed by atoms with van der Waals surface area (Å²) in [5.41, 5.74) is 1.61. The number of phenols is 2. The molecule has 0 aliphatic heterocycles. The molecule has 0 fully saturated rings. The first-order valence-electron chi connectivity index (χ1n) is 6.15. The zero-order valence-electron chi connectivity index (χ0n) is 11.3. The van der Waals surface area contributed by atoms with Gasteiger partial charge in [-0.1, -0.05) is 6.07 Å². The number of benzene rings is 1. The van der Waals surface area contributed by atoms with Crippen molar-refractivity contribution in [2.75, 3.05) is 0 Å². The third-order valence-electron chi connectivity index (χ3n) is 3.11. The molecule has 3 N–H and O–H groups in total. The normalized spacial score (nSPS) is 12.6. The van der Waals surface area contributed by atoms with Gasteiger partial charge in [-0.05, 0) is 26.8 Å². The third-order valence-corrected chi connectivity index (χ3v) is 3.11. The molecule has 0 bridgehead atoms. The molecule has 19 heavy (non-hydrogen) atoms. The number of nitrogens with one attached hydrogen (secondary N) is 1. The predicted molar refractivity (Wildman–Crippen MR) is 71.0 cm³/mol. The van der Waals surface area contributed by atoms with E-state index < -0.39 is 0 Å². The molecule has 1 atom stereocenters. The Bertz CT molecular complexity index is 559. The van der Waals surface area contributed by atoms with E-state index in [0.29, 0.717) is 12.4 Å². The van der Waals surface area contributed by atoms with Crippen LogP contribution in [0.3, 0.4) is 0 Å². The van der Waals surface area contributed by atoms with E-state index in [2.05, 4.69) is 10.3 Å². The summed E-state index contributed by atoms with van der Waals surface area (Å²) < 4.78 is 5.47. The van der Waals surface area contributed by atoms with Crippen molar-refractivity contribution in [2.24, 2.45) is 0 Å². The van der Waals surface area contributed by atoms with Crippen LogP contribution in [0.15, 0.2) is 22.6 Å². The van der Waals surface area contributed by atoms with Crippen LogP contribution in [0.4, 0.5) is 0 Å². The number of hydrogen-bond acceptors (Lipinski definition) is 5. The van der Waals surface area contributed by atoms with Crippen molar-refractivity contribution < 1.29 is 14.6 Å². The van der Waals surface area contributed by atoms with Crippen molar-refractivity contribution in [3.05, 3.63) is 41.1 Å². The van der Waals surface area contributed by atoms with Crippen LogP contribution in [0.2, 0.25) is 0 Å². The number of phenolic OH excluding ortho intramolecular Hbond substituents is 2. The number of rotatable bonds is 4. The van der Waals surface area contributed by atoms with Gasteiger partial charge in [-0.3, -0.25) is 0 Å². The van der Waals surface area contributed by atoms with E-state index in [0.717, 1.165) is 17.0 Å². The molecule has 1 aromatic carbocycles. The van der Waals surface area contributed by atoms with Crippen LogP contribution in [0.1, 0.15) is 35.9 Å². The van der Waals surface area contributed by atoms with Crippen molar-refractivity contribution in [2.45, 2.75) is 33.4 Å².